The van der Waals surface area contributed by atoms with Gasteiger partial charge in [-0.05, 0) is 56.6 Å². The van der Waals surface area contributed by atoms with Crippen LogP contribution in [0.2, 0.25) is 0 Å². The lowest BCUT2D eigenvalue weighted by molar-refractivity contribution is -0.120. The van der Waals surface area contributed by atoms with Crippen LogP contribution in [-0.2, 0) is 11.2 Å². The third-order valence-corrected chi connectivity index (χ3v) is 4.42. The molecule has 0 radical (unpaired) electrons. The molecular weight excluding hydrogens is 328 g/mol. The van der Waals surface area contributed by atoms with Gasteiger partial charge in [-0.25, -0.2) is 0 Å². The first-order valence-electron chi connectivity index (χ1n) is 7.97. The Kier molecular flexibility index (Phi) is 7.24. The second-order valence-electron chi connectivity index (χ2n) is 5.77. The van der Waals surface area contributed by atoms with Crippen LogP contribution in [0, 0.1) is 0 Å². The van der Waals surface area contributed by atoms with Gasteiger partial charge in [0.25, 0.3) is 0 Å². The van der Waals surface area contributed by atoms with Crippen LogP contribution in [0.4, 0.5) is 0 Å². The quantitative estimate of drug-likeness (QED) is 0.796. The predicted octanol–water partition coefficient (Wildman–Crippen LogP) is 3.37. The van der Waals surface area contributed by atoms with Gasteiger partial charge in [-0.1, -0.05) is 40.9 Å². The molecule has 0 aliphatic carbocycles. The van der Waals surface area contributed by atoms with Crippen molar-refractivity contribution in [2.75, 3.05) is 26.2 Å². The molecular formula is C17H25BrN2O. The maximum Gasteiger partial charge on any atom is 0.224 e. The molecule has 0 aromatic heterocycles. The molecule has 1 N–H and O–H groups in total. The maximum atomic E-state index is 11.9. The first-order valence-corrected chi connectivity index (χ1v) is 8.77. The molecule has 1 aliphatic rings. The van der Waals surface area contributed by atoms with Crippen molar-refractivity contribution in [3.63, 3.8) is 0 Å². The van der Waals surface area contributed by atoms with E-state index in [0.717, 1.165) is 29.5 Å². The van der Waals surface area contributed by atoms with E-state index in [9.17, 15) is 4.79 Å². The number of benzene rings is 1. The molecule has 0 atom stereocenters. The fourth-order valence-electron chi connectivity index (χ4n) is 2.79. The molecule has 0 unspecified atom stereocenters. The third kappa shape index (κ3) is 6.62. The average molecular weight is 353 g/mol. The molecule has 1 aromatic carbocycles. The van der Waals surface area contributed by atoms with Crippen LogP contribution < -0.4 is 5.32 Å². The molecule has 4 heteroatoms. The maximum absolute atomic E-state index is 11.9. The lowest BCUT2D eigenvalue weighted by Crippen LogP contribution is -2.31. The van der Waals surface area contributed by atoms with Crippen LogP contribution in [0.1, 0.15) is 37.7 Å². The van der Waals surface area contributed by atoms with Crippen molar-refractivity contribution in [1.82, 2.24) is 10.2 Å². The number of likely N-dealkylation sites (tertiary alicyclic amines) is 1. The van der Waals surface area contributed by atoms with Crippen LogP contribution >= 0.6 is 15.9 Å². The minimum atomic E-state index is 0.115. The Labute approximate surface area is 136 Å². The second-order valence-corrected chi connectivity index (χ2v) is 6.68. The molecule has 2 rings (SSSR count). The van der Waals surface area contributed by atoms with Gasteiger partial charge in [0.2, 0.25) is 5.91 Å². The Morgan fingerprint density at radius 1 is 1.19 bits per heavy atom. The molecule has 1 saturated heterocycles. The lowest BCUT2D eigenvalue weighted by atomic mass is 10.1. The van der Waals surface area contributed by atoms with E-state index in [2.05, 4.69) is 26.1 Å². The molecule has 0 bridgehead atoms. The van der Waals surface area contributed by atoms with Crippen molar-refractivity contribution in [2.45, 2.75) is 38.5 Å². The highest BCUT2D eigenvalue weighted by Gasteiger charge is 2.08. The number of carbonyl (C=O) groups excluding carboxylic acids is 1. The predicted molar refractivity (Wildman–Crippen MR) is 90.4 cm³/mol. The highest BCUT2D eigenvalue weighted by atomic mass is 79.9. The van der Waals surface area contributed by atoms with Crippen molar-refractivity contribution < 1.29 is 4.79 Å². The minimum absolute atomic E-state index is 0.115. The zero-order valence-corrected chi connectivity index (χ0v) is 14.2. The van der Waals surface area contributed by atoms with E-state index in [1.807, 2.05) is 24.3 Å². The van der Waals surface area contributed by atoms with E-state index in [1.54, 1.807) is 0 Å². The Hall–Kier alpha value is -0.870. The largest absolute Gasteiger partial charge is 0.356 e. The SMILES string of the molecule is O=C(Cc1cccc(Br)c1)NCCCN1CCCCCC1. The zero-order valence-electron chi connectivity index (χ0n) is 12.6. The Balaban J connectivity index is 1.60. The minimum Gasteiger partial charge on any atom is -0.356 e. The molecule has 0 spiro atoms. The molecule has 1 fully saturated rings. The number of nitrogens with one attached hydrogen (secondary N) is 1. The monoisotopic (exact) mass is 352 g/mol. The van der Waals surface area contributed by atoms with Crippen molar-refractivity contribution in [3.8, 4) is 0 Å². The summed E-state index contributed by atoms with van der Waals surface area (Å²) in [7, 11) is 0. The van der Waals surface area contributed by atoms with Gasteiger partial charge in [-0.3, -0.25) is 4.79 Å². The number of nitrogens with zero attached hydrogens (tertiary/aromatic N) is 1. The summed E-state index contributed by atoms with van der Waals surface area (Å²) in [5.41, 5.74) is 1.05. The fourth-order valence-corrected chi connectivity index (χ4v) is 3.23. The average Bonchev–Trinajstić information content (AvgIpc) is 2.72. The number of hydrogen-bond acceptors (Lipinski definition) is 2. The molecule has 1 aliphatic heterocycles. The van der Waals surface area contributed by atoms with Crippen LogP contribution in [0.5, 0.6) is 0 Å². The fraction of sp³-hybridized carbons (Fsp3) is 0.588. The Morgan fingerprint density at radius 2 is 1.95 bits per heavy atom. The standard InChI is InChI=1S/C17H25BrN2O/c18-16-8-5-7-15(13-16)14-17(21)19-9-6-12-20-10-3-1-2-4-11-20/h5,7-8,13H,1-4,6,9-12,14H2,(H,19,21). The molecule has 1 heterocycles. The number of amides is 1. The van der Waals surface area contributed by atoms with Gasteiger partial charge in [0.05, 0.1) is 6.42 Å². The van der Waals surface area contributed by atoms with Gasteiger partial charge in [0.15, 0.2) is 0 Å². The lowest BCUT2D eigenvalue weighted by Gasteiger charge is -2.19. The first-order chi connectivity index (χ1) is 10.2. The number of carbonyl (C=O) groups is 1. The highest BCUT2D eigenvalue weighted by molar-refractivity contribution is 9.10. The van der Waals surface area contributed by atoms with E-state index < -0.39 is 0 Å². The molecule has 1 aromatic rings. The summed E-state index contributed by atoms with van der Waals surface area (Å²) in [6.07, 6.45) is 6.91. The van der Waals surface area contributed by atoms with Crippen molar-refractivity contribution in [3.05, 3.63) is 34.3 Å². The number of hydrogen-bond donors (Lipinski definition) is 1. The smallest absolute Gasteiger partial charge is 0.224 e. The second kappa shape index (κ2) is 9.21. The normalized spacial score (nSPS) is 16.4. The highest BCUT2D eigenvalue weighted by Crippen LogP contribution is 2.12. The summed E-state index contributed by atoms with van der Waals surface area (Å²) in [4.78, 5) is 14.4. The van der Waals surface area contributed by atoms with Gasteiger partial charge < -0.3 is 10.2 Å². The molecule has 3 nitrogen and oxygen atoms in total. The summed E-state index contributed by atoms with van der Waals surface area (Å²) >= 11 is 3.43. The summed E-state index contributed by atoms with van der Waals surface area (Å²) < 4.78 is 1.02. The van der Waals surface area contributed by atoms with Crippen molar-refractivity contribution in [1.29, 1.82) is 0 Å². The van der Waals surface area contributed by atoms with Gasteiger partial charge in [-0.2, -0.15) is 0 Å². The van der Waals surface area contributed by atoms with E-state index in [0.29, 0.717) is 6.42 Å². The van der Waals surface area contributed by atoms with Crippen LogP contribution in [0.3, 0.4) is 0 Å². The summed E-state index contributed by atoms with van der Waals surface area (Å²) in [6.45, 7) is 4.35. The summed E-state index contributed by atoms with van der Waals surface area (Å²) in [5, 5.41) is 3.02. The Bertz CT molecular complexity index is 442. The summed E-state index contributed by atoms with van der Waals surface area (Å²) in [5.74, 6) is 0.115. The van der Waals surface area contributed by atoms with Crippen LogP contribution in [0.25, 0.3) is 0 Å². The van der Waals surface area contributed by atoms with Crippen LogP contribution in [-0.4, -0.2) is 37.0 Å². The topological polar surface area (TPSA) is 32.3 Å². The zero-order chi connectivity index (χ0) is 14.9. The van der Waals surface area contributed by atoms with Crippen molar-refractivity contribution in [2.24, 2.45) is 0 Å². The number of rotatable bonds is 6. The molecule has 116 valence electrons. The third-order valence-electron chi connectivity index (χ3n) is 3.93. The van der Waals surface area contributed by atoms with E-state index in [-0.39, 0.29) is 5.91 Å². The van der Waals surface area contributed by atoms with E-state index >= 15 is 0 Å². The van der Waals surface area contributed by atoms with Crippen LogP contribution in [0.15, 0.2) is 28.7 Å². The number of halogens is 1. The first kappa shape index (κ1) is 16.5. The van der Waals surface area contributed by atoms with E-state index in [1.165, 1.54) is 38.8 Å². The van der Waals surface area contributed by atoms with Gasteiger partial charge in [0, 0.05) is 11.0 Å². The molecule has 1 amide bonds. The van der Waals surface area contributed by atoms with Crippen molar-refractivity contribution >= 4 is 21.8 Å². The van der Waals surface area contributed by atoms with E-state index in [4.69, 9.17) is 0 Å². The van der Waals surface area contributed by atoms with Gasteiger partial charge >= 0.3 is 0 Å². The Morgan fingerprint density at radius 3 is 2.67 bits per heavy atom. The van der Waals surface area contributed by atoms with Gasteiger partial charge in [-0.15, -0.1) is 0 Å². The summed E-state index contributed by atoms with van der Waals surface area (Å²) in [6, 6.07) is 7.92. The molecule has 21 heavy (non-hydrogen) atoms. The van der Waals surface area contributed by atoms with Gasteiger partial charge in [0.1, 0.15) is 0 Å². The molecule has 0 saturated carbocycles.